The number of nitrogens with zero attached hydrogens (tertiary/aromatic N) is 1. The molecule has 0 aliphatic carbocycles. The highest BCUT2D eigenvalue weighted by atomic mass is 19.1. The average Bonchev–Trinajstić information content (AvgIpc) is 2.42. The van der Waals surface area contributed by atoms with Crippen LogP contribution in [0.1, 0.15) is 19.8 Å². The highest BCUT2D eigenvalue weighted by molar-refractivity contribution is 5.84. The van der Waals surface area contributed by atoms with Crippen molar-refractivity contribution in [1.82, 2.24) is 4.90 Å². The van der Waals surface area contributed by atoms with Gasteiger partial charge in [0.2, 0.25) is 0 Å². The van der Waals surface area contributed by atoms with Crippen LogP contribution in [0.3, 0.4) is 0 Å². The monoisotopic (exact) mass is 280 g/mol. The van der Waals surface area contributed by atoms with Crippen LogP contribution in [-0.4, -0.2) is 43.2 Å². The highest BCUT2D eigenvalue weighted by Gasteiger charge is 2.42. The van der Waals surface area contributed by atoms with Gasteiger partial charge in [0.15, 0.2) is 0 Å². The zero-order valence-electron chi connectivity index (χ0n) is 12.0. The van der Waals surface area contributed by atoms with E-state index in [1.54, 1.807) is 19.1 Å². The number of likely N-dealkylation sites (tertiary alicyclic amines) is 1. The van der Waals surface area contributed by atoms with Crippen molar-refractivity contribution < 1.29 is 13.9 Å². The van der Waals surface area contributed by atoms with Crippen LogP contribution >= 0.6 is 0 Å². The van der Waals surface area contributed by atoms with Crippen LogP contribution in [0.15, 0.2) is 24.3 Å². The second kappa shape index (κ2) is 6.22. The Hall–Kier alpha value is -1.62. The molecule has 1 saturated heterocycles. The first-order valence-electron chi connectivity index (χ1n) is 6.95. The third-order valence-corrected chi connectivity index (χ3v) is 3.72. The Morgan fingerprint density at radius 2 is 2.15 bits per heavy atom. The lowest BCUT2D eigenvalue weighted by Crippen LogP contribution is -2.54. The van der Waals surface area contributed by atoms with Crippen molar-refractivity contribution in [2.45, 2.75) is 25.3 Å². The van der Waals surface area contributed by atoms with E-state index < -0.39 is 5.54 Å². The molecule has 0 radical (unpaired) electrons. The largest absolute Gasteiger partial charge is 0.464 e. The topological polar surface area (TPSA) is 41.6 Å². The van der Waals surface area contributed by atoms with Crippen molar-refractivity contribution in [3.63, 3.8) is 0 Å². The van der Waals surface area contributed by atoms with Gasteiger partial charge in [-0.3, -0.25) is 0 Å². The maximum absolute atomic E-state index is 13.3. The lowest BCUT2D eigenvalue weighted by atomic mass is 9.87. The van der Waals surface area contributed by atoms with Crippen molar-refractivity contribution in [3.8, 4) is 0 Å². The Labute approximate surface area is 118 Å². The molecule has 1 N–H and O–H groups in total. The Morgan fingerprint density at radius 3 is 2.75 bits per heavy atom. The van der Waals surface area contributed by atoms with Gasteiger partial charge in [-0.1, -0.05) is 6.07 Å². The smallest absolute Gasteiger partial charge is 0.331 e. The molecule has 0 aromatic heterocycles. The number of benzene rings is 1. The van der Waals surface area contributed by atoms with Gasteiger partial charge < -0.3 is 15.0 Å². The first-order chi connectivity index (χ1) is 9.55. The number of ether oxygens (including phenoxy) is 1. The molecular weight excluding hydrogens is 259 g/mol. The number of carbonyl (C=O) groups is 1. The molecule has 0 bridgehead atoms. The number of piperidine rings is 1. The third-order valence-electron chi connectivity index (χ3n) is 3.72. The van der Waals surface area contributed by atoms with E-state index in [1.165, 1.54) is 12.1 Å². The molecule has 1 fully saturated rings. The van der Waals surface area contributed by atoms with Gasteiger partial charge in [0.05, 0.1) is 6.61 Å². The van der Waals surface area contributed by atoms with Crippen molar-refractivity contribution in [2.75, 3.05) is 32.1 Å². The quantitative estimate of drug-likeness (QED) is 0.859. The van der Waals surface area contributed by atoms with E-state index in [0.717, 1.165) is 13.1 Å². The van der Waals surface area contributed by atoms with E-state index in [1.807, 2.05) is 7.05 Å². The molecule has 2 rings (SSSR count). The fourth-order valence-corrected chi connectivity index (χ4v) is 2.49. The van der Waals surface area contributed by atoms with Crippen LogP contribution in [0.5, 0.6) is 0 Å². The van der Waals surface area contributed by atoms with Crippen molar-refractivity contribution >= 4 is 11.7 Å². The zero-order valence-corrected chi connectivity index (χ0v) is 12.0. The summed E-state index contributed by atoms with van der Waals surface area (Å²) in [6.45, 7) is 3.76. The highest BCUT2D eigenvalue weighted by Crippen LogP contribution is 2.28. The van der Waals surface area contributed by atoms with Crippen molar-refractivity contribution in [2.24, 2.45) is 0 Å². The molecule has 0 saturated carbocycles. The number of carbonyl (C=O) groups excluding carboxylic acids is 1. The first-order valence-corrected chi connectivity index (χ1v) is 6.95. The summed E-state index contributed by atoms with van der Waals surface area (Å²) in [4.78, 5) is 14.5. The minimum atomic E-state index is -0.754. The average molecular weight is 280 g/mol. The van der Waals surface area contributed by atoms with Gasteiger partial charge in [-0.25, -0.2) is 9.18 Å². The van der Waals surface area contributed by atoms with Crippen LogP contribution in [-0.2, 0) is 9.53 Å². The van der Waals surface area contributed by atoms with Gasteiger partial charge in [0, 0.05) is 18.8 Å². The number of rotatable bonds is 4. The van der Waals surface area contributed by atoms with E-state index in [0.29, 0.717) is 25.1 Å². The summed E-state index contributed by atoms with van der Waals surface area (Å²) in [7, 11) is 2.03. The zero-order chi connectivity index (χ0) is 14.6. The van der Waals surface area contributed by atoms with Gasteiger partial charge in [-0.05, 0) is 45.0 Å². The Kier molecular flexibility index (Phi) is 4.60. The molecule has 20 heavy (non-hydrogen) atoms. The van der Waals surface area contributed by atoms with Crippen LogP contribution in [0.4, 0.5) is 10.1 Å². The minimum Gasteiger partial charge on any atom is -0.464 e. The van der Waals surface area contributed by atoms with Crippen LogP contribution in [0.2, 0.25) is 0 Å². The summed E-state index contributed by atoms with van der Waals surface area (Å²) in [5, 5.41) is 3.20. The normalized spacial score (nSPS) is 18.6. The van der Waals surface area contributed by atoms with Crippen LogP contribution < -0.4 is 5.32 Å². The molecule has 4 nitrogen and oxygen atoms in total. The summed E-state index contributed by atoms with van der Waals surface area (Å²) in [5.41, 5.74) is -0.140. The van der Waals surface area contributed by atoms with Gasteiger partial charge in [-0.2, -0.15) is 0 Å². The maximum atomic E-state index is 13.3. The van der Waals surface area contributed by atoms with Gasteiger partial charge in [0.25, 0.3) is 0 Å². The number of esters is 1. The summed E-state index contributed by atoms with van der Waals surface area (Å²) in [5.74, 6) is -0.570. The molecule has 110 valence electrons. The Balaban J connectivity index is 2.20. The van der Waals surface area contributed by atoms with Crippen LogP contribution in [0.25, 0.3) is 0 Å². The second-order valence-electron chi connectivity index (χ2n) is 5.24. The lowest BCUT2D eigenvalue weighted by molar-refractivity contribution is -0.150. The summed E-state index contributed by atoms with van der Waals surface area (Å²) >= 11 is 0. The Bertz CT molecular complexity index is 471. The maximum Gasteiger partial charge on any atom is 0.331 e. The third kappa shape index (κ3) is 3.28. The van der Waals surface area contributed by atoms with Gasteiger partial charge >= 0.3 is 5.97 Å². The fraction of sp³-hybridized carbons (Fsp3) is 0.533. The molecule has 0 atom stereocenters. The lowest BCUT2D eigenvalue weighted by Gasteiger charge is -2.39. The summed E-state index contributed by atoms with van der Waals surface area (Å²) in [6.07, 6.45) is 1.30. The fourth-order valence-electron chi connectivity index (χ4n) is 2.49. The summed E-state index contributed by atoms with van der Waals surface area (Å²) in [6, 6.07) is 6.18. The predicted octanol–water partition coefficient (Wildman–Crippen LogP) is 2.27. The molecule has 1 heterocycles. The first kappa shape index (κ1) is 14.8. The molecular formula is C15H21FN2O2. The number of halogens is 1. The number of hydrogen-bond donors (Lipinski definition) is 1. The second-order valence-corrected chi connectivity index (χ2v) is 5.24. The Morgan fingerprint density at radius 1 is 1.45 bits per heavy atom. The summed E-state index contributed by atoms with van der Waals surface area (Å²) < 4.78 is 18.5. The molecule has 0 spiro atoms. The molecule has 1 aromatic carbocycles. The van der Waals surface area contributed by atoms with Crippen molar-refractivity contribution in [1.29, 1.82) is 0 Å². The van der Waals surface area contributed by atoms with Gasteiger partial charge in [-0.15, -0.1) is 0 Å². The minimum absolute atomic E-state index is 0.252. The standard InChI is InChI=1S/C15H21FN2O2/c1-3-20-14(19)15(7-9-18(2)10-8-15)17-13-6-4-5-12(16)11-13/h4-6,11,17H,3,7-10H2,1-2H3. The van der Waals surface area contributed by atoms with E-state index in [2.05, 4.69) is 10.2 Å². The SMILES string of the molecule is CCOC(=O)C1(Nc2cccc(F)c2)CCN(C)CC1. The predicted molar refractivity (Wildman–Crippen MR) is 76.1 cm³/mol. The molecule has 0 amide bonds. The number of hydrogen-bond acceptors (Lipinski definition) is 4. The van der Waals surface area contributed by atoms with Crippen LogP contribution in [0, 0.1) is 5.82 Å². The van der Waals surface area contributed by atoms with Gasteiger partial charge in [0.1, 0.15) is 11.4 Å². The van der Waals surface area contributed by atoms with Crippen molar-refractivity contribution in [3.05, 3.63) is 30.1 Å². The molecule has 5 heteroatoms. The molecule has 0 unspecified atom stereocenters. The molecule has 1 aliphatic heterocycles. The molecule has 1 aliphatic rings. The number of anilines is 1. The number of nitrogens with one attached hydrogen (secondary N) is 1. The van der Waals surface area contributed by atoms with E-state index >= 15 is 0 Å². The van der Waals surface area contributed by atoms with E-state index in [-0.39, 0.29) is 11.8 Å². The van der Waals surface area contributed by atoms with E-state index in [4.69, 9.17) is 4.74 Å². The molecule has 1 aromatic rings. The van der Waals surface area contributed by atoms with E-state index in [9.17, 15) is 9.18 Å².